The van der Waals surface area contributed by atoms with E-state index in [0.717, 1.165) is 56.9 Å². The molecule has 2 aliphatic rings. The summed E-state index contributed by atoms with van der Waals surface area (Å²) >= 11 is 6.22. The molecule has 0 radical (unpaired) electrons. The van der Waals surface area contributed by atoms with Gasteiger partial charge in [0.05, 0.1) is 23.9 Å². The van der Waals surface area contributed by atoms with E-state index in [1.165, 1.54) is 0 Å². The minimum Gasteiger partial charge on any atom is -0.450 e. The Labute approximate surface area is 177 Å². The Hall–Kier alpha value is -1.99. The average molecular weight is 423 g/mol. The lowest BCUT2D eigenvalue weighted by Gasteiger charge is -2.36. The van der Waals surface area contributed by atoms with Crippen LogP contribution < -0.4 is 10.2 Å². The van der Waals surface area contributed by atoms with Gasteiger partial charge in [-0.3, -0.25) is 4.79 Å². The summed E-state index contributed by atoms with van der Waals surface area (Å²) in [4.78, 5) is 31.3. The van der Waals surface area contributed by atoms with Crippen molar-refractivity contribution >= 4 is 35.0 Å². The number of carbonyl (C=O) groups is 2. The first kappa shape index (κ1) is 21.7. The lowest BCUT2D eigenvalue weighted by molar-refractivity contribution is -0.121. The van der Waals surface area contributed by atoms with E-state index in [2.05, 4.69) is 22.0 Å². The predicted molar refractivity (Wildman–Crippen MR) is 116 cm³/mol. The van der Waals surface area contributed by atoms with Crippen LogP contribution in [0.4, 0.5) is 16.2 Å². The molecule has 8 heteroatoms. The predicted octanol–water partition coefficient (Wildman–Crippen LogP) is 3.29. The Kier molecular flexibility index (Phi) is 7.61. The summed E-state index contributed by atoms with van der Waals surface area (Å²) in [5.74, 6) is -0.327. The summed E-state index contributed by atoms with van der Waals surface area (Å²) in [7, 11) is 0. The van der Waals surface area contributed by atoms with E-state index in [0.29, 0.717) is 24.7 Å². The van der Waals surface area contributed by atoms with Crippen molar-refractivity contribution in [2.24, 2.45) is 5.92 Å². The summed E-state index contributed by atoms with van der Waals surface area (Å²) in [6, 6.07) is 5.65. The maximum Gasteiger partial charge on any atom is 0.409 e. The van der Waals surface area contributed by atoms with Crippen LogP contribution >= 0.6 is 11.6 Å². The van der Waals surface area contributed by atoms with Crippen LogP contribution in [0, 0.1) is 5.92 Å². The van der Waals surface area contributed by atoms with E-state index in [9.17, 15) is 9.59 Å². The van der Waals surface area contributed by atoms with E-state index in [-0.39, 0.29) is 17.9 Å². The summed E-state index contributed by atoms with van der Waals surface area (Å²) in [5.41, 5.74) is 1.73. The van der Waals surface area contributed by atoms with Gasteiger partial charge in [-0.2, -0.15) is 0 Å². The molecule has 0 aromatic heterocycles. The normalized spacial score (nSPS) is 20.4. The quantitative estimate of drug-likeness (QED) is 0.788. The van der Waals surface area contributed by atoms with E-state index in [1.54, 1.807) is 11.8 Å². The van der Waals surface area contributed by atoms with Gasteiger partial charge in [0.15, 0.2) is 0 Å². The van der Waals surface area contributed by atoms with Gasteiger partial charge < -0.3 is 24.8 Å². The number of rotatable bonds is 5. The molecule has 29 heavy (non-hydrogen) atoms. The minimum atomic E-state index is -0.345. The van der Waals surface area contributed by atoms with Gasteiger partial charge in [-0.1, -0.05) is 18.5 Å². The monoisotopic (exact) mass is 422 g/mol. The molecule has 0 saturated carbocycles. The zero-order valence-electron chi connectivity index (χ0n) is 17.3. The highest BCUT2D eigenvalue weighted by atomic mass is 35.5. The van der Waals surface area contributed by atoms with Gasteiger partial charge in [0.1, 0.15) is 0 Å². The van der Waals surface area contributed by atoms with E-state index in [1.807, 2.05) is 18.2 Å². The molecule has 2 amide bonds. The number of ether oxygens (including phenoxy) is 1. The number of piperazine rings is 1. The smallest absolute Gasteiger partial charge is 0.409 e. The minimum absolute atomic E-state index is 0.0743. The topological polar surface area (TPSA) is 65.1 Å². The molecule has 7 nitrogen and oxygen atoms in total. The molecular weight excluding hydrogens is 392 g/mol. The van der Waals surface area contributed by atoms with Crippen LogP contribution in [0.1, 0.15) is 26.7 Å². The largest absolute Gasteiger partial charge is 0.450 e. The molecule has 1 unspecified atom stereocenters. The number of anilines is 2. The van der Waals surface area contributed by atoms with Crippen molar-refractivity contribution in [2.45, 2.75) is 26.7 Å². The first-order chi connectivity index (χ1) is 14.0. The third-order valence-electron chi connectivity index (χ3n) is 5.69. The lowest BCUT2D eigenvalue weighted by Crippen LogP contribution is -2.46. The molecular formula is C21H31ClN4O3. The molecule has 0 spiro atoms. The molecule has 160 valence electrons. The number of nitrogens with zero attached hydrogens (tertiary/aromatic N) is 3. The molecule has 1 N–H and O–H groups in total. The van der Waals surface area contributed by atoms with Gasteiger partial charge >= 0.3 is 6.09 Å². The Morgan fingerprint density at radius 1 is 1.17 bits per heavy atom. The molecule has 0 bridgehead atoms. The highest BCUT2D eigenvalue weighted by Crippen LogP contribution is 2.31. The van der Waals surface area contributed by atoms with Gasteiger partial charge in [0, 0.05) is 44.3 Å². The molecule has 2 saturated heterocycles. The molecule has 0 aliphatic carbocycles. The molecule has 1 aromatic carbocycles. The highest BCUT2D eigenvalue weighted by molar-refractivity contribution is 6.31. The van der Waals surface area contributed by atoms with Crippen molar-refractivity contribution in [3.05, 3.63) is 23.2 Å². The standard InChI is InChI=1S/C21H31ClN4O3/c1-3-24-10-12-25(13-11-24)19-8-7-17(22)14-18(19)23-20(27)16-6-5-9-26(15-16)21(28)29-4-2/h7-8,14,16H,3-6,9-13,15H2,1-2H3,(H,23,27). The van der Waals surface area contributed by atoms with Gasteiger partial charge in [0.2, 0.25) is 5.91 Å². The van der Waals surface area contributed by atoms with Crippen LogP contribution in [0.2, 0.25) is 5.02 Å². The van der Waals surface area contributed by atoms with E-state index in [4.69, 9.17) is 16.3 Å². The summed E-state index contributed by atoms with van der Waals surface area (Å²) in [6.07, 6.45) is 1.20. The number of amides is 2. The van der Waals surface area contributed by atoms with Crippen molar-refractivity contribution in [3.8, 4) is 0 Å². The zero-order valence-corrected chi connectivity index (χ0v) is 18.1. The second-order valence-corrected chi connectivity index (χ2v) is 7.99. The maximum absolute atomic E-state index is 13.0. The number of likely N-dealkylation sites (tertiary alicyclic amines) is 1. The van der Waals surface area contributed by atoms with Gasteiger partial charge in [-0.15, -0.1) is 0 Å². The number of hydrogen-bond acceptors (Lipinski definition) is 5. The molecule has 3 rings (SSSR count). The van der Waals surface area contributed by atoms with Crippen LogP contribution in [0.15, 0.2) is 18.2 Å². The summed E-state index contributed by atoms with van der Waals surface area (Å²) in [6.45, 7) is 10.2. The molecule has 2 heterocycles. The SMILES string of the molecule is CCOC(=O)N1CCCC(C(=O)Nc2cc(Cl)ccc2N2CCN(CC)CC2)C1. The van der Waals surface area contributed by atoms with Crippen LogP contribution in [0.3, 0.4) is 0 Å². The number of likely N-dealkylation sites (N-methyl/N-ethyl adjacent to an activating group) is 1. The third kappa shape index (κ3) is 5.54. The number of hydrogen-bond donors (Lipinski definition) is 1. The van der Waals surface area contributed by atoms with Crippen molar-refractivity contribution in [1.82, 2.24) is 9.80 Å². The number of nitrogens with one attached hydrogen (secondary N) is 1. The van der Waals surface area contributed by atoms with Crippen LogP contribution in [-0.2, 0) is 9.53 Å². The van der Waals surface area contributed by atoms with Crippen LogP contribution in [0.25, 0.3) is 0 Å². The second-order valence-electron chi connectivity index (χ2n) is 7.56. The Bertz CT molecular complexity index is 722. The van der Waals surface area contributed by atoms with E-state index >= 15 is 0 Å². The fourth-order valence-electron chi connectivity index (χ4n) is 4.00. The van der Waals surface area contributed by atoms with Crippen LogP contribution in [-0.4, -0.2) is 74.2 Å². The second kappa shape index (κ2) is 10.2. The number of piperidine rings is 1. The average Bonchev–Trinajstić information content (AvgIpc) is 2.74. The van der Waals surface area contributed by atoms with Gasteiger partial charge in [0.25, 0.3) is 0 Å². The van der Waals surface area contributed by atoms with Crippen molar-refractivity contribution in [3.63, 3.8) is 0 Å². The van der Waals surface area contributed by atoms with E-state index < -0.39 is 0 Å². The first-order valence-electron chi connectivity index (χ1n) is 10.5. The fraction of sp³-hybridized carbons (Fsp3) is 0.619. The van der Waals surface area contributed by atoms with Crippen molar-refractivity contribution in [1.29, 1.82) is 0 Å². The number of benzene rings is 1. The maximum atomic E-state index is 13.0. The fourth-order valence-corrected chi connectivity index (χ4v) is 4.17. The summed E-state index contributed by atoms with van der Waals surface area (Å²) < 4.78 is 5.09. The number of carbonyl (C=O) groups excluding carboxylic acids is 2. The van der Waals surface area contributed by atoms with Gasteiger partial charge in [-0.05, 0) is 44.5 Å². The first-order valence-corrected chi connectivity index (χ1v) is 10.9. The van der Waals surface area contributed by atoms with Gasteiger partial charge in [-0.25, -0.2) is 4.79 Å². The Balaban J connectivity index is 1.68. The number of halogens is 1. The molecule has 1 atom stereocenters. The third-order valence-corrected chi connectivity index (χ3v) is 5.93. The lowest BCUT2D eigenvalue weighted by atomic mass is 9.97. The van der Waals surface area contributed by atoms with Crippen molar-refractivity contribution in [2.75, 3.05) is 62.6 Å². The zero-order chi connectivity index (χ0) is 20.8. The Morgan fingerprint density at radius 2 is 1.93 bits per heavy atom. The molecule has 1 aromatic rings. The molecule has 2 aliphatic heterocycles. The summed E-state index contributed by atoms with van der Waals surface area (Å²) in [5, 5.41) is 3.67. The highest BCUT2D eigenvalue weighted by Gasteiger charge is 2.30. The van der Waals surface area contributed by atoms with Crippen LogP contribution in [0.5, 0.6) is 0 Å². The molecule has 2 fully saturated rings. The van der Waals surface area contributed by atoms with Crippen molar-refractivity contribution < 1.29 is 14.3 Å². The Morgan fingerprint density at radius 3 is 2.62 bits per heavy atom.